The van der Waals surface area contributed by atoms with E-state index >= 15 is 0 Å². The monoisotopic (exact) mass is 332 g/mol. The molecule has 0 bridgehead atoms. The molecule has 0 N–H and O–H groups in total. The summed E-state index contributed by atoms with van der Waals surface area (Å²) in [5.74, 6) is 1.65. The van der Waals surface area contributed by atoms with Crippen molar-refractivity contribution in [2.45, 2.75) is 11.4 Å². The van der Waals surface area contributed by atoms with Gasteiger partial charge in [0.25, 0.3) is 0 Å². The molecular formula is C17H24N4OS. The molecule has 0 saturated carbocycles. The summed E-state index contributed by atoms with van der Waals surface area (Å²) in [6.07, 6.45) is 3.87. The fourth-order valence-corrected chi connectivity index (χ4v) is 2.44. The van der Waals surface area contributed by atoms with Crippen LogP contribution in [-0.2, 0) is 6.54 Å². The van der Waals surface area contributed by atoms with Crippen LogP contribution in [0.1, 0.15) is 5.69 Å². The van der Waals surface area contributed by atoms with Crippen molar-refractivity contribution in [1.29, 1.82) is 0 Å². The molecule has 0 saturated heterocycles. The summed E-state index contributed by atoms with van der Waals surface area (Å²) in [5, 5.41) is 0. The number of anilines is 1. The average molecular weight is 332 g/mol. The second kappa shape index (κ2) is 8.74. The molecule has 0 aliphatic rings. The Morgan fingerprint density at radius 3 is 2.48 bits per heavy atom. The fraction of sp³-hybridized carbons (Fsp3) is 0.412. The first-order chi connectivity index (χ1) is 11.1. The Morgan fingerprint density at radius 1 is 1.09 bits per heavy atom. The van der Waals surface area contributed by atoms with Gasteiger partial charge in [-0.3, -0.25) is 4.90 Å². The van der Waals surface area contributed by atoms with Crippen molar-refractivity contribution in [1.82, 2.24) is 14.9 Å². The smallest absolute Gasteiger partial charge is 0.225 e. The quantitative estimate of drug-likeness (QED) is 0.693. The molecular weight excluding hydrogens is 308 g/mol. The van der Waals surface area contributed by atoms with Gasteiger partial charge in [0.2, 0.25) is 5.95 Å². The van der Waals surface area contributed by atoms with E-state index in [1.165, 1.54) is 4.90 Å². The number of hydrogen-bond acceptors (Lipinski definition) is 6. The van der Waals surface area contributed by atoms with Crippen LogP contribution in [0.25, 0.3) is 0 Å². The van der Waals surface area contributed by atoms with Crippen molar-refractivity contribution in [3.8, 4) is 5.75 Å². The summed E-state index contributed by atoms with van der Waals surface area (Å²) in [4.78, 5) is 14.1. The standard InChI is InChI=1S/C17H24N4OS/c1-20(2)17-18-10-9-14(19-17)13-21(3)11-12-22-15-5-7-16(23-4)8-6-15/h5-10H,11-13H2,1-4H3. The lowest BCUT2D eigenvalue weighted by Gasteiger charge is -2.17. The summed E-state index contributed by atoms with van der Waals surface area (Å²) in [7, 11) is 5.95. The predicted molar refractivity (Wildman–Crippen MR) is 96.4 cm³/mol. The van der Waals surface area contributed by atoms with E-state index in [-0.39, 0.29) is 0 Å². The third-order valence-electron chi connectivity index (χ3n) is 3.33. The molecule has 2 rings (SSSR count). The number of nitrogens with zero attached hydrogens (tertiary/aromatic N) is 4. The summed E-state index contributed by atoms with van der Waals surface area (Å²) in [6.45, 7) is 2.27. The van der Waals surface area contributed by atoms with Crippen molar-refractivity contribution in [3.05, 3.63) is 42.2 Å². The summed E-state index contributed by atoms with van der Waals surface area (Å²) in [6, 6.07) is 10.1. The highest BCUT2D eigenvalue weighted by Crippen LogP contribution is 2.18. The number of likely N-dealkylation sites (N-methyl/N-ethyl adjacent to an activating group) is 1. The van der Waals surface area contributed by atoms with E-state index in [0.717, 1.165) is 30.5 Å². The van der Waals surface area contributed by atoms with Gasteiger partial charge in [0.05, 0.1) is 5.69 Å². The molecule has 1 aromatic carbocycles. The Balaban J connectivity index is 1.78. The molecule has 0 unspecified atom stereocenters. The topological polar surface area (TPSA) is 41.5 Å². The maximum absolute atomic E-state index is 5.78. The van der Waals surface area contributed by atoms with Gasteiger partial charge in [-0.2, -0.15) is 0 Å². The van der Waals surface area contributed by atoms with Crippen LogP contribution in [0.5, 0.6) is 5.75 Å². The number of aromatic nitrogens is 2. The normalized spacial score (nSPS) is 10.8. The molecule has 0 aliphatic carbocycles. The Kier molecular flexibility index (Phi) is 6.67. The van der Waals surface area contributed by atoms with Gasteiger partial charge in [-0.1, -0.05) is 0 Å². The maximum atomic E-state index is 5.78. The predicted octanol–water partition coefficient (Wildman–Crippen LogP) is 2.78. The van der Waals surface area contributed by atoms with Crippen LogP contribution in [0.4, 0.5) is 5.95 Å². The Labute approximate surface area is 142 Å². The number of thioether (sulfide) groups is 1. The molecule has 2 aromatic rings. The van der Waals surface area contributed by atoms with Crippen molar-refractivity contribution in [2.75, 3.05) is 45.5 Å². The summed E-state index contributed by atoms with van der Waals surface area (Å²) in [5.41, 5.74) is 1.01. The van der Waals surface area contributed by atoms with Crippen LogP contribution in [-0.4, -0.2) is 55.4 Å². The second-order valence-electron chi connectivity index (χ2n) is 5.50. The minimum absolute atomic E-state index is 0.654. The first-order valence-electron chi connectivity index (χ1n) is 7.53. The zero-order chi connectivity index (χ0) is 16.7. The van der Waals surface area contributed by atoms with Crippen molar-refractivity contribution >= 4 is 17.7 Å². The Bertz CT molecular complexity index is 604. The molecule has 0 fully saturated rings. The maximum Gasteiger partial charge on any atom is 0.225 e. The lowest BCUT2D eigenvalue weighted by Crippen LogP contribution is -2.25. The molecule has 23 heavy (non-hydrogen) atoms. The number of rotatable bonds is 8. The van der Waals surface area contributed by atoms with Crippen LogP contribution in [0.2, 0.25) is 0 Å². The molecule has 0 amide bonds. The van der Waals surface area contributed by atoms with Gasteiger partial charge >= 0.3 is 0 Å². The van der Waals surface area contributed by atoms with Crippen LogP contribution in [0.15, 0.2) is 41.4 Å². The first-order valence-corrected chi connectivity index (χ1v) is 8.75. The number of ether oxygens (including phenoxy) is 1. The fourth-order valence-electron chi connectivity index (χ4n) is 2.03. The van der Waals surface area contributed by atoms with E-state index in [4.69, 9.17) is 4.74 Å². The van der Waals surface area contributed by atoms with Crippen LogP contribution in [0, 0.1) is 0 Å². The van der Waals surface area contributed by atoms with Crippen molar-refractivity contribution < 1.29 is 4.74 Å². The average Bonchev–Trinajstić information content (AvgIpc) is 2.55. The van der Waals surface area contributed by atoms with Gasteiger partial charge in [-0.15, -0.1) is 11.8 Å². The third kappa shape index (κ3) is 5.73. The molecule has 0 atom stereocenters. The minimum Gasteiger partial charge on any atom is -0.492 e. The molecule has 0 aliphatic heterocycles. The third-order valence-corrected chi connectivity index (χ3v) is 4.08. The number of benzene rings is 1. The molecule has 0 radical (unpaired) electrons. The van der Waals surface area contributed by atoms with Gasteiger partial charge in [-0.05, 0) is 43.6 Å². The lowest BCUT2D eigenvalue weighted by atomic mass is 10.3. The largest absolute Gasteiger partial charge is 0.492 e. The molecule has 124 valence electrons. The van der Waals surface area contributed by atoms with Gasteiger partial charge in [0.1, 0.15) is 12.4 Å². The van der Waals surface area contributed by atoms with Gasteiger partial charge in [0.15, 0.2) is 0 Å². The highest BCUT2D eigenvalue weighted by molar-refractivity contribution is 7.98. The minimum atomic E-state index is 0.654. The van der Waals surface area contributed by atoms with E-state index in [2.05, 4.69) is 40.3 Å². The summed E-state index contributed by atoms with van der Waals surface area (Å²) >= 11 is 1.73. The van der Waals surface area contributed by atoms with Crippen molar-refractivity contribution in [3.63, 3.8) is 0 Å². The van der Waals surface area contributed by atoms with Crippen molar-refractivity contribution in [2.24, 2.45) is 0 Å². The SMILES string of the molecule is CSc1ccc(OCCN(C)Cc2ccnc(N(C)C)n2)cc1. The molecule has 0 spiro atoms. The van der Waals surface area contributed by atoms with E-state index in [1.54, 1.807) is 18.0 Å². The first kappa shape index (κ1) is 17.6. The molecule has 6 heteroatoms. The highest BCUT2D eigenvalue weighted by Gasteiger charge is 2.05. The van der Waals surface area contributed by atoms with Gasteiger partial charge < -0.3 is 9.64 Å². The Hall–Kier alpha value is -1.79. The molecule has 1 aromatic heterocycles. The lowest BCUT2D eigenvalue weighted by molar-refractivity contribution is 0.231. The molecule has 5 nitrogen and oxygen atoms in total. The number of hydrogen-bond donors (Lipinski definition) is 0. The highest BCUT2D eigenvalue weighted by atomic mass is 32.2. The van der Waals surface area contributed by atoms with Crippen LogP contribution >= 0.6 is 11.8 Å². The van der Waals surface area contributed by atoms with Crippen LogP contribution in [0.3, 0.4) is 0 Å². The van der Waals surface area contributed by atoms with E-state index in [0.29, 0.717) is 6.61 Å². The van der Waals surface area contributed by atoms with Gasteiger partial charge in [-0.25, -0.2) is 9.97 Å². The van der Waals surface area contributed by atoms with E-state index in [1.807, 2.05) is 37.2 Å². The zero-order valence-corrected chi connectivity index (χ0v) is 15.0. The van der Waals surface area contributed by atoms with Gasteiger partial charge in [0, 0.05) is 38.3 Å². The second-order valence-corrected chi connectivity index (χ2v) is 6.38. The Morgan fingerprint density at radius 2 is 1.83 bits per heavy atom. The molecule has 1 heterocycles. The zero-order valence-electron chi connectivity index (χ0n) is 14.2. The van der Waals surface area contributed by atoms with Crippen LogP contribution < -0.4 is 9.64 Å². The van der Waals surface area contributed by atoms with E-state index in [9.17, 15) is 0 Å². The summed E-state index contributed by atoms with van der Waals surface area (Å²) < 4.78 is 5.78. The van der Waals surface area contributed by atoms with E-state index < -0.39 is 0 Å².